The van der Waals surface area contributed by atoms with Gasteiger partial charge in [-0.2, -0.15) is 5.10 Å². The molecule has 0 aliphatic heterocycles. The van der Waals surface area contributed by atoms with E-state index in [4.69, 9.17) is 11.6 Å². The van der Waals surface area contributed by atoms with Crippen molar-refractivity contribution in [3.8, 4) is 5.69 Å². The van der Waals surface area contributed by atoms with Crippen LogP contribution in [0, 0.1) is 19.7 Å². The van der Waals surface area contributed by atoms with E-state index in [0.717, 1.165) is 0 Å². The number of aryl methyl sites for hydroxylation is 1. The minimum Gasteiger partial charge on any atom is -0.320 e. The number of nitrogens with zero attached hydrogens (tertiary/aromatic N) is 2. The Morgan fingerprint density at radius 3 is 2.62 bits per heavy atom. The summed E-state index contributed by atoms with van der Waals surface area (Å²) in [7, 11) is 0. The second-order valence-corrected chi connectivity index (χ2v) is 6.14. The summed E-state index contributed by atoms with van der Waals surface area (Å²) in [6.45, 7) is 3.36. The van der Waals surface area contributed by atoms with Crippen LogP contribution in [-0.4, -0.2) is 15.7 Å². The average Bonchev–Trinajstić information content (AvgIpc) is 2.60. The molecule has 0 saturated heterocycles. The first kappa shape index (κ1) is 17.8. The van der Waals surface area contributed by atoms with Gasteiger partial charge >= 0.3 is 0 Å². The van der Waals surface area contributed by atoms with E-state index in [-0.39, 0.29) is 11.4 Å². The van der Waals surface area contributed by atoms with E-state index in [1.807, 2.05) is 0 Å². The predicted octanol–water partition coefficient (Wildman–Crippen LogP) is 3.89. The molecule has 0 bridgehead atoms. The minimum absolute atomic E-state index is 0.151. The first-order valence-corrected chi connectivity index (χ1v) is 8.18. The van der Waals surface area contributed by atoms with Crippen molar-refractivity contribution < 1.29 is 9.18 Å². The fourth-order valence-electron chi connectivity index (χ4n) is 2.50. The van der Waals surface area contributed by atoms with Crippen molar-refractivity contribution in [3.63, 3.8) is 0 Å². The van der Waals surface area contributed by atoms with E-state index in [1.165, 1.54) is 22.9 Å². The van der Waals surface area contributed by atoms with E-state index in [0.29, 0.717) is 22.0 Å². The molecule has 2 aromatic carbocycles. The van der Waals surface area contributed by atoms with Gasteiger partial charge in [-0.3, -0.25) is 9.59 Å². The van der Waals surface area contributed by atoms with Gasteiger partial charge in [0, 0.05) is 22.5 Å². The summed E-state index contributed by atoms with van der Waals surface area (Å²) in [6.07, 6.45) is 0. The number of amides is 1. The van der Waals surface area contributed by atoms with E-state index in [9.17, 15) is 14.0 Å². The second-order valence-electron chi connectivity index (χ2n) is 5.73. The Morgan fingerprint density at radius 1 is 1.15 bits per heavy atom. The highest BCUT2D eigenvalue weighted by Gasteiger charge is 2.17. The highest BCUT2D eigenvalue weighted by atomic mass is 35.5. The van der Waals surface area contributed by atoms with Crippen LogP contribution in [0.1, 0.15) is 21.7 Å². The zero-order chi connectivity index (χ0) is 18.8. The summed E-state index contributed by atoms with van der Waals surface area (Å²) >= 11 is 6.04. The molecule has 7 heteroatoms. The quantitative estimate of drug-likeness (QED) is 0.759. The van der Waals surface area contributed by atoms with Crippen molar-refractivity contribution in [2.24, 2.45) is 0 Å². The number of benzene rings is 2. The Morgan fingerprint density at radius 2 is 1.88 bits per heavy atom. The topological polar surface area (TPSA) is 64.0 Å². The lowest BCUT2D eigenvalue weighted by Crippen LogP contribution is -2.27. The Kier molecular flexibility index (Phi) is 4.86. The molecule has 1 heterocycles. The molecule has 0 atom stereocenters. The number of halogens is 2. The number of nitrogens with one attached hydrogen (secondary N) is 1. The molecular formula is C19H15ClFN3O2. The van der Waals surface area contributed by atoms with Crippen molar-refractivity contribution in [2.45, 2.75) is 13.8 Å². The maximum Gasteiger partial charge on any atom is 0.280 e. The molecule has 1 amide bonds. The van der Waals surface area contributed by atoms with Gasteiger partial charge in [-0.25, -0.2) is 9.07 Å². The van der Waals surface area contributed by atoms with Gasteiger partial charge in [0.2, 0.25) is 5.43 Å². The van der Waals surface area contributed by atoms with Crippen LogP contribution in [0.25, 0.3) is 5.69 Å². The molecule has 26 heavy (non-hydrogen) atoms. The van der Waals surface area contributed by atoms with E-state index < -0.39 is 17.2 Å². The van der Waals surface area contributed by atoms with Crippen LogP contribution in [0.5, 0.6) is 0 Å². The number of rotatable bonds is 3. The summed E-state index contributed by atoms with van der Waals surface area (Å²) in [5, 5.41) is 7.19. The largest absolute Gasteiger partial charge is 0.320 e. The second kappa shape index (κ2) is 7.09. The fourth-order valence-corrected chi connectivity index (χ4v) is 2.67. The van der Waals surface area contributed by atoms with Crippen LogP contribution in [0.2, 0.25) is 5.02 Å². The molecule has 0 radical (unpaired) electrons. The Labute approximate surface area is 154 Å². The highest BCUT2D eigenvalue weighted by molar-refractivity contribution is 6.31. The third-order valence-corrected chi connectivity index (χ3v) is 4.33. The molecule has 0 saturated carbocycles. The molecule has 3 rings (SSSR count). The van der Waals surface area contributed by atoms with Crippen molar-refractivity contribution in [1.29, 1.82) is 0 Å². The van der Waals surface area contributed by atoms with Gasteiger partial charge < -0.3 is 5.32 Å². The lowest BCUT2D eigenvalue weighted by Gasteiger charge is -2.13. The lowest BCUT2D eigenvalue weighted by atomic mass is 10.2. The normalized spacial score (nSPS) is 10.6. The standard InChI is InChI=1S/C19H15ClFN3O2/c1-11-10-17(25)18(23-24(11)16-9-4-3-7-14(16)21)19(26)22-15-8-5-6-13(20)12(15)2/h3-10H,1-2H3,(H,22,26). The molecule has 0 aliphatic carbocycles. The number of anilines is 1. The Hall–Kier alpha value is -2.99. The summed E-state index contributed by atoms with van der Waals surface area (Å²) in [4.78, 5) is 24.8. The van der Waals surface area contributed by atoms with Gasteiger partial charge in [0.25, 0.3) is 5.91 Å². The van der Waals surface area contributed by atoms with Crippen molar-refractivity contribution in [1.82, 2.24) is 9.78 Å². The molecule has 0 unspecified atom stereocenters. The Bertz CT molecular complexity index is 1060. The van der Waals surface area contributed by atoms with Crippen LogP contribution < -0.4 is 10.7 Å². The predicted molar refractivity (Wildman–Crippen MR) is 98.7 cm³/mol. The summed E-state index contributed by atoms with van der Waals surface area (Å²) in [6, 6.07) is 12.3. The maximum atomic E-state index is 14.1. The molecule has 3 aromatic rings. The molecule has 1 N–H and O–H groups in total. The minimum atomic E-state index is -0.689. The van der Waals surface area contributed by atoms with Gasteiger partial charge in [0.15, 0.2) is 5.69 Å². The molecule has 5 nitrogen and oxygen atoms in total. The van der Waals surface area contributed by atoms with E-state index in [1.54, 1.807) is 44.2 Å². The van der Waals surface area contributed by atoms with Gasteiger partial charge in [0.1, 0.15) is 11.5 Å². The number of hydrogen-bond donors (Lipinski definition) is 1. The summed E-state index contributed by atoms with van der Waals surface area (Å²) in [5.74, 6) is -1.20. The Balaban J connectivity index is 2.04. The molecule has 0 fully saturated rings. The van der Waals surface area contributed by atoms with Crippen LogP contribution >= 0.6 is 11.6 Å². The van der Waals surface area contributed by atoms with Crippen LogP contribution in [0.15, 0.2) is 53.3 Å². The molecule has 1 aromatic heterocycles. The number of carbonyl (C=O) groups is 1. The molecule has 132 valence electrons. The van der Waals surface area contributed by atoms with E-state index >= 15 is 0 Å². The lowest BCUT2D eigenvalue weighted by molar-refractivity contribution is 0.101. The van der Waals surface area contributed by atoms with Gasteiger partial charge in [0.05, 0.1) is 0 Å². The first-order chi connectivity index (χ1) is 12.4. The highest BCUT2D eigenvalue weighted by Crippen LogP contribution is 2.23. The summed E-state index contributed by atoms with van der Waals surface area (Å²) in [5.41, 5.74) is 0.824. The molecule has 0 aliphatic rings. The average molecular weight is 372 g/mol. The SMILES string of the molecule is Cc1c(Cl)cccc1NC(=O)c1nn(-c2ccccc2F)c(C)cc1=O. The summed E-state index contributed by atoms with van der Waals surface area (Å²) < 4.78 is 15.3. The van der Waals surface area contributed by atoms with Gasteiger partial charge in [-0.15, -0.1) is 0 Å². The smallest absolute Gasteiger partial charge is 0.280 e. The van der Waals surface area contributed by atoms with Crippen LogP contribution in [-0.2, 0) is 0 Å². The number of para-hydroxylation sites is 1. The third-order valence-electron chi connectivity index (χ3n) is 3.92. The zero-order valence-electron chi connectivity index (χ0n) is 14.1. The number of hydrogen-bond acceptors (Lipinski definition) is 3. The van der Waals surface area contributed by atoms with Crippen molar-refractivity contribution in [3.05, 3.63) is 86.5 Å². The van der Waals surface area contributed by atoms with Crippen LogP contribution in [0.4, 0.5) is 10.1 Å². The third kappa shape index (κ3) is 3.36. The van der Waals surface area contributed by atoms with Crippen molar-refractivity contribution in [2.75, 3.05) is 5.32 Å². The number of aromatic nitrogens is 2. The fraction of sp³-hybridized carbons (Fsp3) is 0.105. The van der Waals surface area contributed by atoms with Crippen LogP contribution in [0.3, 0.4) is 0 Å². The molecular weight excluding hydrogens is 357 g/mol. The monoisotopic (exact) mass is 371 g/mol. The van der Waals surface area contributed by atoms with Gasteiger partial charge in [-0.1, -0.05) is 29.8 Å². The maximum absolute atomic E-state index is 14.1. The van der Waals surface area contributed by atoms with Crippen molar-refractivity contribution >= 4 is 23.2 Å². The zero-order valence-corrected chi connectivity index (χ0v) is 14.8. The molecule has 0 spiro atoms. The van der Waals surface area contributed by atoms with E-state index in [2.05, 4.69) is 10.4 Å². The first-order valence-electron chi connectivity index (χ1n) is 7.81. The van der Waals surface area contributed by atoms with Gasteiger partial charge in [-0.05, 0) is 43.7 Å². The number of carbonyl (C=O) groups excluding carboxylic acids is 1.